The van der Waals surface area contributed by atoms with Crippen molar-refractivity contribution in [2.45, 2.75) is 33.1 Å². The Bertz CT molecular complexity index is 203. The maximum atomic E-state index is 9.59. The third kappa shape index (κ3) is 0.979. The predicted molar refractivity (Wildman–Crippen MR) is 45.3 cm³/mol. The second-order valence-corrected chi connectivity index (χ2v) is 4.60. The van der Waals surface area contributed by atoms with Crippen LogP contribution in [0.3, 0.4) is 0 Å². The van der Waals surface area contributed by atoms with Crippen LogP contribution in [-0.2, 0) is 0 Å². The normalized spacial score (nSPS) is 40.4. The molecule has 0 spiro atoms. The fourth-order valence-electron chi connectivity index (χ4n) is 2.54. The number of allylic oxidation sites excluding steroid dienone is 2. The van der Waals surface area contributed by atoms with E-state index in [1.54, 1.807) is 0 Å². The molecule has 0 amide bonds. The zero-order valence-electron chi connectivity index (χ0n) is 7.30. The van der Waals surface area contributed by atoms with Crippen molar-refractivity contribution in [1.82, 2.24) is 0 Å². The van der Waals surface area contributed by atoms with E-state index in [9.17, 15) is 5.11 Å². The molecule has 2 rings (SSSR count). The number of aliphatic hydroxyl groups excluding tert-OH is 1. The van der Waals surface area contributed by atoms with Crippen LogP contribution in [-0.4, -0.2) is 5.11 Å². The van der Waals surface area contributed by atoms with Crippen LogP contribution in [0.5, 0.6) is 0 Å². The maximum Gasteiger partial charge on any atom is 0.0919 e. The van der Waals surface area contributed by atoms with Gasteiger partial charge in [0.15, 0.2) is 0 Å². The molecule has 0 saturated heterocycles. The lowest BCUT2D eigenvalue weighted by Crippen LogP contribution is -2.24. The Balaban J connectivity index is 2.34. The lowest BCUT2D eigenvalue weighted by atomic mass is 9.73. The summed E-state index contributed by atoms with van der Waals surface area (Å²) < 4.78 is 0. The van der Waals surface area contributed by atoms with E-state index >= 15 is 0 Å². The van der Waals surface area contributed by atoms with Crippen molar-refractivity contribution in [1.29, 1.82) is 0 Å². The monoisotopic (exact) mass is 152 g/mol. The first-order valence-electron chi connectivity index (χ1n) is 4.51. The SMILES string of the molecule is CC1(C)C=C(O)[C@@H]2CCC1C2. The second kappa shape index (κ2) is 2.02. The van der Waals surface area contributed by atoms with Crippen LogP contribution in [0.4, 0.5) is 0 Å². The Morgan fingerprint density at radius 1 is 1.45 bits per heavy atom. The van der Waals surface area contributed by atoms with E-state index in [-0.39, 0.29) is 5.41 Å². The summed E-state index contributed by atoms with van der Waals surface area (Å²) in [6.45, 7) is 4.46. The average Bonchev–Trinajstić information content (AvgIpc) is 2.28. The van der Waals surface area contributed by atoms with Crippen molar-refractivity contribution < 1.29 is 5.11 Å². The molecule has 62 valence electrons. The average molecular weight is 152 g/mol. The highest BCUT2D eigenvalue weighted by Gasteiger charge is 2.40. The van der Waals surface area contributed by atoms with Crippen LogP contribution in [0.1, 0.15) is 33.1 Å². The lowest BCUT2D eigenvalue weighted by Gasteiger charge is -2.32. The standard InChI is InChI=1S/C10H16O/c1-10(2)6-9(11)7-3-4-8(10)5-7/h6-8,11H,3-5H2,1-2H3/t7-,8?/m1/s1. The predicted octanol–water partition coefficient (Wildman–Crippen LogP) is 2.88. The van der Waals surface area contributed by atoms with Crippen LogP contribution in [0.15, 0.2) is 11.8 Å². The summed E-state index contributed by atoms with van der Waals surface area (Å²) in [5.74, 6) is 1.99. The maximum absolute atomic E-state index is 9.59. The van der Waals surface area contributed by atoms with Gasteiger partial charge < -0.3 is 5.11 Å². The van der Waals surface area contributed by atoms with Crippen molar-refractivity contribution in [3.8, 4) is 0 Å². The minimum atomic E-state index is 0.247. The number of rotatable bonds is 0. The Hall–Kier alpha value is -0.460. The van der Waals surface area contributed by atoms with Gasteiger partial charge in [0, 0.05) is 5.92 Å². The lowest BCUT2D eigenvalue weighted by molar-refractivity contribution is 0.224. The molecule has 1 N–H and O–H groups in total. The van der Waals surface area contributed by atoms with E-state index in [2.05, 4.69) is 19.9 Å². The van der Waals surface area contributed by atoms with Crippen LogP contribution < -0.4 is 0 Å². The molecule has 1 saturated carbocycles. The topological polar surface area (TPSA) is 20.2 Å². The van der Waals surface area contributed by atoms with Gasteiger partial charge in [-0.15, -0.1) is 0 Å². The van der Waals surface area contributed by atoms with E-state index in [4.69, 9.17) is 0 Å². The molecule has 0 aromatic heterocycles. The highest BCUT2D eigenvalue weighted by atomic mass is 16.3. The molecule has 0 radical (unpaired) electrons. The Kier molecular flexibility index (Phi) is 1.33. The quantitative estimate of drug-likeness (QED) is 0.566. The summed E-state index contributed by atoms with van der Waals surface area (Å²) in [4.78, 5) is 0. The molecular weight excluding hydrogens is 136 g/mol. The molecule has 11 heavy (non-hydrogen) atoms. The van der Waals surface area contributed by atoms with Crippen LogP contribution >= 0.6 is 0 Å². The number of aliphatic hydroxyl groups is 1. The molecule has 0 heterocycles. The summed E-state index contributed by atoms with van der Waals surface area (Å²) in [5.41, 5.74) is 0.247. The van der Waals surface area contributed by atoms with Gasteiger partial charge in [-0.1, -0.05) is 13.8 Å². The smallest absolute Gasteiger partial charge is 0.0919 e. The molecule has 0 aliphatic heterocycles. The van der Waals surface area contributed by atoms with Gasteiger partial charge in [-0.05, 0) is 36.7 Å². The third-order valence-electron chi connectivity index (χ3n) is 3.42. The van der Waals surface area contributed by atoms with E-state index in [1.807, 2.05) is 0 Å². The zero-order chi connectivity index (χ0) is 8.06. The van der Waals surface area contributed by atoms with Crippen molar-refractivity contribution in [2.75, 3.05) is 0 Å². The van der Waals surface area contributed by atoms with Gasteiger partial charge in [-0.3, -0.25) is 0 Å². The van der Waals surface area contributed by atoms with Crippen molar-refractivity contribution in [3.63, 3.8) is 0 Å². The first kappa shape index (κ1) is 7.20. The minimum Gasteiger partial charge on any atom is -0.512 e. The van der Waals surface area contributed by atoms with Gasteiger partial charge >= 0.3 is 0 Å². The molecule has 1 fully saturated rings. The van der Waals surface area contributed by atoms with Gasteiger partial charge in [-0.2, -0.15) is 0 Å². The molecule has 2 atom stereocenters. The molecule has 2 aliphatic rings. The minimum absolute atomic E-state index is 0.247. The van der Waals surface area contributed by atoms with E-state index < -0.39 is 0 Å². The van der Waals surface area contributed by atoms with E-state index in [1.165, 1.54) is 19.3 Å². The van der Waals surface area contributed by atoms with Crippen molar-refractivity contribution >= 4 is 0 Å². The molecule has 1 heteroatoms. The number of fused-ring (bicyclic) bond motifs is 2. The van der Waals surface area contributed by atoms with Crippen molar-refractivity contribution in [2.24, 2.45) is 17.3 Å². The molecule has 1 nitrogen and oxygen atoms in total. The number of hydrogen-bond acceptors (Lipinski definition) is 1. The molecule has 0 aromatic carbocycles. The number of hydrogen-bond donors (Lipinski definition) is 1. The third-order valence-corrected chi connectivity index (χ3v) is 3.42. The van der Waals surface area contributed by atoms with E-state index in [0.717, 1.165) is 5.92 Å². The molecule has 2 aliphatic carbocycles. The van der Waals surface area contributed by atoms with Crippen molar-refractivity contribution in [3.05, 3.63) is 11.8 Å². The Morgan fingerprint density at radius 2 is 2.18 bits per heavy atom. The van der Waals surface area contributed by atoms with Gasteiger partial charge in [0.05, 0.1) is 5.76 Å². The van der Waals surface area contributed by atoms with Crippen LogP contribution in [0.2, 0.25) is 0 Å². The Morgan fingerprint density at radius 3 is 2.91 bits per heavy atom. The highest BCUT2D eigenvalue weighted by molar-refractivity contribution is 5.14. The summed E-state index contributed by atoms with van der Waals surface area (Å²) in [6.07, 6.45) is 5.79. The first-order valence-corrected chi connectivity index (χ1v) is 4.51. The summed E-state index contributed by atoms with van der Waals surface area (Å²) in [7, 11) is 0. The summed E-state index contributed by atoms with van der Waals surface area (Å²) in [5, 5.41) is 9.59. The van der Waals surface area contributed by atoms with Gasteiger partial charge in [0.1, 0.15) is 0 Å². The molecule has 1 unspecified atom stereocenters. The fraction of sp³-hybridized carbons (Fsp3) is 0.800. The molecule has 0 aromatic rings. The van der Waals surface area contributed by atoms with Gasteiger partial charge in [0.25, 0.3) is 0 Å². The largest absolute Gasteiger partial charge is 0.512 e. The van der Waals surface area contributed by atoms with Gasteiger partial charge in [0.2, 0.25) is 0 Å². The Labute approximate surface area is 68.1 Å². The highest BCUT2D eigenvalue weighted by Crippen LogP contribution is 2.49. The summed E-state index contributed by atoms with van der Waals surface area (Å²) in [6, 6.07) is 0. The first-order chi connectivity index (χ1) is 5.09. The molecular formula is C10H16O. The zero-order valence-corrected chi connectivity index (χ0v) is 7.30. The summed E-state index contributed by atoms with van der Waals surface area (Å²) >= 11 is 0. The van der Waals surface area contributed by atoms with Gasteiger partial charge in [-0.25, -0.2) is 0 Å². The molecule has 2 bridgehead atoms. The van der Waals surface area contributed by atoms with Crippen LogP contribution in [0, 0.1) is 17.3 Å². The van der Waals surface area contributed by atoms with E-state index in [0.29, 0.717) is 11.7 Å². The fourth-order valence-corrected chi connectivity index (χ4v) is 2.54. The van der Waals surface area contributed by atoms with Crippen LogP contribution in [0.25, 0.3) is 0 Å². The second-order valence-electron chi connectivity index (χ2n) is 4.60.